The molecule has 6 heteroatoms. The maximum Gasteiger partial charge on any atom is 0.311 e. The Bertz CT molecular complexity index is 447. The topological polar surface area (TPSA) is 75.8 Å². The molecule has 0 aromatic heterocycles. The van der Waals surface area contributed by atoms with E-state index in [1.54, 1.807) is 19.1 Å². The van der Waals surface area contributed by atoms with Crippen LogP contribution in [0.2, 0.25) is 0 Å². The van der Waals surface area contributed by atoms with E-state index >= 15 is 0 Å². The Morgan fingerprint density at radius 1 is 1.35 bits per heavy atom. The Kier molecular flexibility index (Phi) is 6.41. The van der Waals surface area contributed by atoms with E-state index in [-0.39, 0.29) is 11.4 Å². The molecule has 1 rings (SSSR count). The van der Waals surface area contributed by atoms with Gasteiger partial charge in [-0.3, -0.25) is 10.1 Å². The Labute approximate surface area is 119 Å². The molecule has 0 spiro atoms. The van der Waals surface area contributed by atoms with Crippen molar-refractivity contribution in [1.29, 1.82) is 0 Å². The van der Waals surface area contributed by atoms with Crippen molar-refractivity contribution >= 4 is 5.69 Å². The number of nitro benzene ring substituents is 1. The van der Waals surface area contributed by atoms with Crippen molar-refractivity contribution in [2.75, 3.05) is 26.2 Å². The molecule has 6 nitrogen and oxygen atoms in total. The monoisotopic (exact) mass is 282 g/mol. The van der Waals surface area contributed by atoms with E-state index in [9.17, 15) is 15.2 Å². The molecule has 0 radical (unpaired) electrons. The molecular weight excluding hydrogens is 260 g/mol. The number of hydrogen-bond donors (Lipinski definition) is 1. The lowest BCUT2D eigenvalue weighted by Gasteiger charge is -2.22. The molecule has 112 valence electrons. The first-order valence-electron chi connectivity index (χ1n) is 6.84. The number of rotatable bonds is 8. The third kappa shape index (κ3) is 4.18. The van der Waals surface area contributed by atoms with Crippen molar-refractivity contribution in [2.24, 2.45) is 0 Å². The molecule has 1 aromatic carbocycles. The summed E-state index contributed by atoms with van der Waals surface area (Å²) in [6.45, 7) is 8.26. The van der Waals surface area contributed by atoms with Crippen molar-refractivity contribution in [2.45, 2.75) is 26.9 Å². The molecule has 0 aliphatic carbocycles. The molecular formula is C14H22N2O4. The average molecular weight is 282 g/mol. The van der Waals surface area contributed by atoms with Crippen molar-refractivity contribution < 1.29 is 14.8 Å². The van der Waals surface area contributed by atoms with Crippen LogP contribution in [0.1, 0.15) is 32.4 Å². The summed E-state index contributed by atoms with van der Waals surface area (Å²) in [7, 11) is 0. The third-order valence-electron chi connectivity index (χ3n) is 3.19. The Morgan fingerprint density at radius 2 is 2.00 bits per heavy atom. The fourth-order valence-electron chi connectivity index (χ4n) is 1.99. The van der Waals surface area contributed by atoms with Crippen LogP contribution >= 0.6 is 0 Å². The number of aliphatic hydroxyl groups is 1. The molecule has 1 unspecified atom stereocenters. The summed E-state index contributed by atoms with van der Waals surface area (Å²) in [4.78, 5) is 12.6. The summed E-state index contributed by atoms with van der Waals surface area (Å²) in [5, 5.41) is 21.2. The van der Waals surface area contributed by atoms with Crippen LogP contribution in [0.3, 0.4) is 0 Å². The van der Waals surface area contributed by atoms with Gasteiger partial charge in [0.15, 0.2) is 5.75 Å². The van der Waals surface area contributed by atoms with Gasteiger partial charge < -0.3 is 14.7 Å². The van der Waals surface area contributed by atoms with E-state index in [4.69, 9.17) is 4.74 Å². The maximum atomic E-state index is 11.0. The lowest BCUT2D eigenvalue weighted by molar-refractivity contribution is -0.386. The summed E-state index contributed by atoms with van der Waals surface area (Å²) in [6.07, 6.45) is -0.746. The third-order valence-corrected chi connectivity index (χ3v) is 3.19. The van der Waals surface area contributed by atoms with Crippen LogP contribution in [0.25, 0.3) is 0 Å². The zero-order valence-corrected chi connectivity index (χ0v) is 12.2. The van der Waals surface area contributed by atoms with Gasteiger partial charge in [-0.2, -0.15) is 0 Å². The molecule has 0 saturated carbocycles. The lowest BCUT2D eigenvalue weighted by atomic mass is 10.1. The van der Waals surface area contributed by atoms with Crippen molar-refractivity contribution in [3.05, 3.63) is 33.9 Å². The van der Waals surface area contributed by atoms with E-state index in [0.717, 1.165) is 13.1 Å². The van der Waals surface area contributed by atoms with Gasteiger partial charge in [-0.25, -0.2) is 0 Å². The van der Waals surface area contributed by atoms with Crippen LogP contribution in [0.5, 0.6) is 5.75 Å². The standard InChI is InChI=1S/C14H22N2O4/c1-4-15(5-2)10-13(17)11-7-8-14(20-6-3)12(9-11)16(18)19/h7-9,13,17H,4-6,10H2,1-3H3. The van der Waals surface area contributed by atoms with Gasteiger partial charge in [-0.1, -0.05) is 19.9 Å². The minimum atomic E-state index is -0.746. The highest BCUT2D eigenvalue weighted by Crippen LogP contribution is 2.30. The van der Waals surface area contributed by atoms with Crippen LogP contribution in [0.15, 0.2) is 18.2 Å². The van der Waals surface area contributed by atoms with Gasteiger partial charge in [0, 0.05) is 12.6 Å². The van der Waals surface area contributed by atoms with Crippen LogP contribution in [-0.2, 0) is 0 Å². The van der Waals surface area contributed by atoms with Crippen molar-refractivity contribution in [1.82, 2.24) is 4.90 Å². The Balaban J connectivity index is 2.96. The number of nitrogens with zero attached hydrogens (tertiary/aromatic N) is 2. The van der Waals surface area contributed by atoms with Gasteiger partial charge in [0.1, 0.15) is 0 Å². The summed E-state index contributed by atoms with van der Waals surface area (Å²) in [5.74, 6) is 0.233. The van der Waals surface area contributed by atoms with Crippen LogP contribution in [0, 0.1) is 10.1 Å². The quantitative estimate of drug-likeness (QED) is 0.585. The predicted octanol–water partition coefficient (Wildman–Crippen LogP) is 2.37. The smallest absolute Gasteiger partial charge is 0.311 e. The molecule has 0 aliphatic rings. The molecule has 0 saturated heterocycles. The fourth-order valence-corrected chi connectivity index (χ4v) is 1.99. The molecule has 0 bridgehead atoms. The molecule has 1 atom stereocenters. The zero-order chi connectivity index (χ0) is 15.1. The van der Waals surface area contributed by atoms with Crippen molar-refractivity contribution in [3.8, 4) is 5.75 Å². The first-order chi connectivity index (χ1) is 9.53. The Morgan fingerprint density at radius 3 is 2.50 bits per heavy atom. The largest absolute Gasteiger partial charge is 0.487 e. The molecule has 20 heavy (non-hydrogen) atoms. The summed E-state index contributed by atoms with van der Waals surface area (Å²) in [6, 6.07) is 4.60. The van der Waals surface area contributed by atoms with E-state index < -0.39 is 11.0 Å². The molecule has 1 N–H and O–H groups in total. The second-order valence-corrected chi connectivity index (χ2v) is 4.42. The van der Waals surface area contributed by atoms with Gasteiger partial charge in [0.05, 0.1) is 17.6 Å². The molecule has 0 amide bonds. The maximum absolute atomic E-state index is 11.0. The molecule has 0 heterocycles. The van der Waals surface area contributed by atoms with Crippen LogP contribution in [-0.4, -0.2) is 41.2 Å². The summed E-state index contributed by atoms with van der Waals surface area (Å²) in [5.41, 5.74) is 0.426. The second kappa shape index (κ2) is 7.81. The van der Waals surface area contributed by atoms with E-state index in [0.29, 0.717) is 18.7 Å². The van der Waals surface area contributed by atoms with E-state index in [1.807, 2.05) is 13.8 Å². The number of benzene rings is 1. The average Bonchev–Trinajstić information content (AvgIpc) is 2.44. The number of nitro groups is 1. The number of hydrogen-bond acceptors (Lipinski definition) is 5. The van der Waals surface area contributed by atoms with Gasteiger partial charge in [0.2, 0.25) is 0 Å². The number of ether oxygens (including phenoxy) is 1. The minimum Gasteiger partial charge on any atom is -0.487 e. The highest BCUT2D eigenvalue weighted by Gasteiger charge is 2.19. The van der Waals surface area contributed by atoms with Crippen LogP contribution in [0.4, 0.5) is 5.69 Å². The lowest BCUT2D eigenvalue weighted by Crippen LogP contribution is -2.28. The normalized spacial score (nSPS) is 12.4. The Hall–Kier alpha value is -1.66. The first-order valence-corrected chi connectivity index (χ1v) is 6.84. The minimum absolute atomic E-state index is 0.108. The number of aliphatic hydroxyl groups excluding tert-OH is 1. The highest BCUT2D eigenvalue weighted by atomic mass is 16.6. The highest BCUT2D eigenvalue weighted by molar-refractivity contribution is 5.49. The zero-order valence-electron chi connectivity index (χ0n) is 12.2. The summed E-state index contributed by atoms with van der Waals surface area (Å²) >= 11 is 0. The van der Waals surface area contributed by atoms with E-state index in [2.05, 4.69) is 4.90 Å². The van der Waals surface area contributed by atoms with Crippen LogP contribution < -0.4 is 4.74 Å². The molecule has 0 aliphatic heterocycles. The van der Waals surface area contributed by atoms with Gasteiger partial charge in [0.25, 0.3) is 0 Å². The first kappa shape index (κ1) is 16.4. The summed E-state index contributed by atoms with van der Waals surface area (Å²) < 4.78 is 5.22. The molecule has 0 fully saturated rings. The van der Waals surface area contributed by atoms with Gasteiger partial charge in [-0.05, 0) is 31.6 Å². The van der Waals surface area contributed by atoms with Crippen molar-refractivity contribution in [3.63, 3.8) is 0 Å². The van der Waals surface area contributed by atoms with E-state index in [1.165, 1.54) is 6.07 Å². The van der Waals surface area contributed by atoms with Gasteiger partial charge in [-0.15, -0.1) is 0 Å². The number of likely N-dealkylation sites (N-methyl/N-ethyl adjacent to an activating group) is 1. The SMILES string of the molecule is CCOc1ccc(C(O)CN(CC)CC)cc1[N+](=O)[O-]. The predicted molar refractivity (Wildman–Crippen MR) is 77.0 cm³/mol. The second-order valence-electron chi connectivity index (χ2n) is 4.42. The van der Waals surface area contributed by atoms with Gasteiger partial charge >= 0.3 is 5.69 Å². The fraction of sp³-hybridized carbons (Fsp3) is 0.571. The molecule has 1 aromatic rings.